The Kier molecular flexibility index (Phi) is 3.34. The van der Waals surface area contributed by atoms with E-state index in [2.05, 4.69) is 9.97 Å². The maximum atomic E-state index is 10.6. The van der Waals surface area contributed by atoms with Crippen molar-refractivity contribution in [2.75, 3.05) is 0 Å². The SMILES string of the molecule is CC.Cc1nc2cnccn2c1C=O. The van der Waals surface area contributed by atoms with E-state index in [4.69, 9.17) is 0 Å². The van der Waals surface area contributed by atoms with Gasteiger partial charge in [0.1, 0.15) is 5.69 Å². The molecule has 0 spiro atoms. The van der Waals surface area contributed by atoms with E-state index in [1.54, 1.807) is 29.9 Å². The summed E-state index contributed by atoms with van der Waals surface area (Å²) in [6, 6.07) is 0. The minimum Gasteiger partial charge on any atom is -0.296 e. The van der Waals surface area contributed by atoms with Gasteiger partial charge in [-0.3, -0.25) is 14.2 Å². The van der Waals surface area contributed by atoms with Crippen molar-refractivity contribution in [3.8, 4) is 0 Å². The molecule has 0 saturated carbocycles. The van der Waals surface area contributed by atoms with E-state index in [-0.39, 0.29) is 0 Å². The number of rotatable bonds is 1. The summed E-state index contributed by atoms with van der Waals surface area (Å²) in [5, 5.41) is 0. The maximum absolute atomic E-state index is 10.6. The molecule has 0 bridgehead atoms. The monoisotopic (exact) mass is 191 g/mol. The maximum Gasteiger partial charge on any atom is 0.168 e. The van der Waals surface area contributed by atoms with Gasteiger partial charge >= 0.3 is 0 Å². The predicted octanol–water partition coefficient (Wildman–Crippen LogP) is 1.88. The van der Waals surface area contributed by atoms with Gasteiger partial charge < -0.3 is 0 Å². The number of aromatic nitrogens is 3. The number of aldehydes is 1. The summed E-state index contributed by atoms with van der Waals surface area (Å²) in [6.07, 6.45) is 5.77. The first-order valence-corrected chi connectivity index (χ1v) is 4.57. The van der Waals surface area contributed by atoms with E-state index in [1.807, 2.05) is 13.8 Å². The van der Waals surface area contributed by atoms with Crippen LogP contribution in [0.2, 0.25) is 0 Å². The van der Waals surface area contributed by atoms with E-state index >= 15 is 0 Å². The third kappa shape index (κ3) is 1.64. The molecule has 0 saturated heterocycles. The molecule has 0 unspecified atom stereocenters. The van der Waals surface area contributed by atoms with Crippen molar-refractivity contribution in [1.82, 2.24) is 14.4 Å². The van der Waals surface area contributed by atoms with Gasteiger partial charge in [0.25, 0.3) is 0 Å². The van der Waals surface area contributed by atoms with Crippen LogP contribution in [0.4, 0.5) is 0 Å². The number of hydrogen-bond acceptors (Lipinski definition) is 3. The standard InChI is InChI=1S/C8H7N3O.C2H6/c1-6-7(5-12)11-3-2-9-4-8(11)10-6;1-2/h2-5H,1H3;1-2H3. The molecule has 0 radical (unpaired) electrons. The van der Waals surface area contributed by atoms with Crippen LogP contribution in [0.3, 0.4) is 0 Å². The fourth-order valence-electron chi connectivity index (χ4n) is 1.19. The highest BCUT2D eigenvalue weighted by atomic mass is 16.1. The van der Waals surface area contributed by atoms with Gasteiger partial charge in [-0.1, -0.05) is 13.8 Å². The lowest BCUT2D eigenvalue weighted by molar-refractivity contribution is 0.111. The molecular formula is C10H13N3O. The van der Waals surface area contributed by atoms with E-state index < -0.39 is 0 Å². The Morgan fingerprint density at radius 2 is 2.14 bits per heavy atom. The first-order valence-electron chi connectivity index (χ1n) is 4.57. The summed E-state index contributed by atoms with van der Waals surface area (Å²) in [4.78, 5) is 18.7. The number of carbonyl (C=O) groups is 1. The van der Waals surface area contributed by atoms with Gasteiger partial charge in [0.05, 0.1) is 11.9 Å². The zero-order valence-corrected chi connectivity index (χ0v) is 8.56. The molecule has 4 heteroatoms. The molecule has 0 amide bonds. The predicted molar refractivity (Wildman–Crippen MR) is 54.5 cm³/mol. The van der Waals surface area contributed by atoms with Crippen LogP contribution in [0.15, 0.2) is 18.6 Å². The lowest BCUT2D eigenvalue weighted by atomic mass is 10.4. The van der Waals surface area contributed by atoms with Crippen molar-refractivity contribution >= 4 is 11.9 Å². The molecule has 2 aromatic heterocycles. The summed E-state index contributed by atoms with van der Waals surface area (Å²) in [5.74, 6) is 0. The second kappa shape index (κ2) is 4.50. The average Bonchev–Trinajstić information content (AvgIpc) is 2.56. The molecule has 4 nitrogen and oxygen atoms in total. The van der Waals surface area contributed by atoms with Crippen molar-refractivity contribution in [2.45, 2.75) is 20.8 Å². The first kappa shape index (κ1) is 10.4. The molecule has 2 aromatic rings. The summed E-state index contributed by atoms with van der Waals surface area (Å²) in [5.41, 5.74) is 2.03. The minimum atomic E-state index is 0.590. The third-order valence-corrected chi connectivity index (χ3v) is 1.76. The summed E-state index contributed by atoms with van der Waals surface area (Å²) < 4.78 is 1.72. The van der Waals surface area contributed by atoms with Crippen LogP contribution >= 0.6 is 0 Å². The average molecular weight is 191 g/mol. The van der Waals surface area contributed by atoms with Crippen LogP contribution in [0.25, 0.3) is 5.65 Å². The van der Waals surface area contributed by atoms with Crippen molar-refractivity contribution in [3.05, 3.63) is 30.0 Å². The molecule has 14 heavy (non-hydrogen) atoms. The number of nitrogens with zero attached hydrogens (tertiary/aromatic N) is 3. The fourth-order valence-corrected chi connectivity index (χ4v) is 1.19. The quantitative estimate of drug-likeness (QED) is 0.646. The topological polar surface area (TPSA) is 47.3 Å². The summed E-state index contributed by atoms with van der Waals surface area (Å²) >= 11 is 0. The van der Waals surface area contributed by atoms with E-state index in [9.17, 15) is 4.79 Å². The smallest absolute Gasteiger partial charge is 0.168 e. The molecule has 0 atom stereocenters. The van der Waals surface area contributed by atoms with Crippen molar-refractivity contribution in [1.29, 1.82) is 0 Å². The van der Waals surface area contributed by atoms with E-state index in [0.717, 1.165) is 12.0 Å². The number of fused-ring (bicyclic) bond motifs is 1. The molecule has 74 valence electrons. The molecule has 0 aliphatic heterocycles. The summed E-state index contributed by atoms with van der Waals surface area (Å²) in [7, 11) is 0. The van der Waals surface area contributed by atoms with Crippen molar-refractivity contribution in [2.24, 2.45) is 0 Å². The normalized spacial score (nSPS) is 9.36. The number of aryl methyl sites for hydroxylation is 1. The third-order valence-electron chi connectivity index (χ3n) is 1.76. The molecule has 2 rings (SSSR count). The second-order valence-electron chi connectivity index (χ2n) is 2.50. The van der Waals surface area contributed by atoms with E-state index in [0.29, 0.717) is 11.3 Å². The Hall–Kier alpha value is -1.71. The molecule has 0 fully saturated rings. The van der Waals surface area contributed by atoms with Crippen molar-refractivity contribution in [3.63, 3.8) is 0 Å². The van der Waals surface area contributed by atoms with Gasteiger partial charge in [0.15, 0.2) is 11.9 Å². The van der Waals surface area contributed by atoms with Gasteiger partial charge in [-0.25, -0.2) is 4.98 Å². The molecule has 0 aliphatic carbocycles. The van der Waals surface area contributed by atoms with Gasteiger partial charge in [-0.15, -0.1) is 0 Å². The highest BCUT2D eigenvalue weighted by Crippen LogP contribution is 2.07. The van der Waals surface area contributed by atoms with Crippen LogP contribution in [0.1, 0.15) is 30.0 Å². The largest absolute Gasteiger partial charge is 0.296 e. The highest BCUT2D eigenvalue weighted by molar-refractivity contribution is 5.76. The van der Waals surface area contributed by atoms with Crippen LogP contribution < -0.4 is 0 Å². The van der Waals surface area contributed by atoms with Gasteiger partial charge in [0.2, 0.25) is 0 Å². The van der Waals surface area contributed by atoms with Gasteiger partial charge in [-0.05, 0) is 6.92 Å². The number of hydrogen-bond donors (Lipinski definition) is 0. The van der Waals surface area contributed by atoms with Crippen LogP contribution in [-0.4, -0.2) is 20.7 Å². The van der Waals surface area contributed by atoms with Gasteiger partial charge in [0, 0.05) is 12.4 Å². The Balaban J connectivity index is 0.000000461. The Bertz CT molecular complexity index is 434. The molecular weight excluding hydrogens is 178 g/mol. The summed E-state index contributed by atoms with van der Waals surface area (Å²) in [6.45, 7) is 5.80. The first-order chi connectivity index (χ1) is 6.83. The molecule has 0 N–H and O–H groups in total. The molecule has 2 heterocycles. The Morgan fingerprint density at radius 3 is 2.79 bits per heavy atom. The fraction of sp³-hybridized carbons (Fsp3) is 0.300. The van der Waals surface area contributed by atoms with Crippen LogP contribution in [0.5, 0.6) is 0 Å². The molecule has 0 aliphatic rings. The van der Waals surface area contributed by atoms with Crippen LogP contribution in [0, 0.1) is 6.92 Å². The second-order valence-corrected chi connectivity index (χ2v) is 2.50. The molecule has 0 aromatic carbocycles. The Morgan fingerprint density at radius 1 is 1.43 bits per heavy atom. The van der Waals surface area contributed by atoms with Crippen LogP contribution in [-0.2, 0) is 0 Å². The Labute approximate surface area is 82.6 Å². The number of imidazole rings is 1. The van der Waals surface area contributed by atoms with Gasteiger partial charge in [-0.2, -0.15) is 0 Å². The van der Waals surface area contributed by atoms with Crippen molar-refractivity contribution < 1.29 is 4.79 Å². The zero-order chi connectivity index (χ0) is 10.6. The van der Waals surface area contributed by atoms with E-state index in [1.165, 1.54) is 0 Å². The lowest BCUT2D eigenvalue weighted by Gasteiger charge is -1.91. The number of carbonyl (C=O) groups excluding carboxylic acids is 1. The zero-order valence-electron chi connectivity index (χ0n) is 8.56. The lowest BCUT2D eigenvalue weighted by Crippen LogP contribution is -1.91. The minimum absolute atomic E-state index is 0.590. The highest BCUT2D eigenvalue weighted by Gasteiger charge is 2.05.